The molecule has 126 valence electrons. The lowest BCUT2D eigenvalue weighted by molar-refractivity contribution is 0.112. The van der Waals surface area contributed by atoms with Crippen LogP contribution in [0.4, 0.5) is 0 Å². The van der Waals surface area contributed by atoms with Crippen molar-refractivity contribution in [3.63, 3.8) is 0 Å². The van der Waals surface area contributed by atoms with Crippen LogP contribution in [0.15, 0.2) is 60.7 Å². The maximum Gasteiger partial charge on any atom is 0.150 e. The zero-order chi connectivity index (χ0) is 17.8. The van der Waals surface area contributed by atoms with Crippen LogP contribution in [-0.4, -0.2) is 6.29 Å². The first-order chi connectivity index (χ1) is 12.1. The molecule has 0 N–H and O–H groups in total. The molecular weight excluding hydrogens is 332 g/mol. The fourth-order valence-corrected chi connectivity index (χ4v) is 3.04. The number of carbonyl (C=O) groups excluding carboxylic acids is 1. The number of hydrogen-bond acceptors (Lipinski definition) is 2. The third-order valence-electron chi connectivity index (χ3n) is 4.20. The van der Waals surface area contributed by atoms with Crippen LogP contribution in [0, 0.1) is 13.8 Å². The summed E-state index contributed by atoms with van der Waals surface area (Å²) in [5, 5.41) is 0.745. The molecule has 0 saturated heterocycles. The second-order valence-electron chi connectivity index (χ2n) is 6.08. The van der Waals surface area contributed by atoms with Crippen molar-refractivity contribution >= 4 is 17.9 Å². The Balaban J connectivity index is 1.78. The van der Waals surface area contributed by atoms with E-state index in [-0.39, 0.29) is 0 Å². The zero-order valence-electron chi connectivity index (χ0n) is 14.3. The third-order valence-corrected chi connectivity index (χ3v) is 4.44. The number of carbonyl (C=O) groups is 1. The van der Waals surface area contributed by atoms with Crippen molar-refractivity contribution in [2.45, 2.75) is 20.5 Å². The standard InChI is InChI=1S/C22H19ClO2/c1-15-11-21(8-6-19(15)13-24)25-14-17-4-3-5-18(12-17)22-9-7-20(23)10-16(22)2/h3-13H,14H2,1-2H3. The van der Waals surface area contributed by atoms with Crippen molar-refractivity contribution in [3.8, 4) is 16.9 Å². The Hall–Kier alpha value is -2.58. The van der Waals surface area contributed by atoms with Crippen molar-refractivity contribution < 1.29 is 9.53 Å². The smallest absolute Gasteiger partial charge is 0.150 e. The Labute approximate surface area is 153 Å². The molecule has 0 saturated carbocycles. The van der Waals surface area contributed by atoms with Crippen LogP contribution in [0.3, 0.4) is 0 Å². The van der Waals surface area contributed by atoms with E-state index in [9.17, 15) is 4.79 Å². The molecule has 2 nitrogen and oxygen atoms in total. The lowest BCUT2D eigenvalue weighted by atomic mass is 9.99. The Morgan fingerprint density at radius 1 is 0.960 bits per heavy atom. The summed E-state index contributed by atoms with van der Waals surface area (Å²) in [6.45, 7) is 4.43. The Morgan fingerprint density at radius 3 is 2.52 bits per heavy atom. The van der Waals surface area contributed by atoms with E-state index in [1.54, 1.807) is 6.07 Å². The molecule has 3 aromatic carbocycles. The van der Waals surface area contributed by atoms with E-state index in [4.69, 9.17) is 16.3 Å². The van der Waals surface area contributed by atoms with Gasteiger partial charge in [0, 0.05) is 10.6 Å². The highest BCUT2D eigenvalue weighted by atomic mass is 35.5. The predicted molar refractivity (Wildman–Crippen MR) is 103 cm³/mol. The fraction of sp³-hybridized carbons (Fsp3) is 0.136. The van der Waals surface area contributed by atoms with E-state index in [1.165, 1.54) is 0 Å². The van der Waals surface area contributed by atoms with Gasteiger partial charge in [0.15, 0.2) is 0 Å². The van der Waals surface area contributed by atoms with E-state index in [2.05, 4.69) is 19.1 Å². The minimum absolute atomic E-state index is 0.473. The van der Waals surface area contributed by atoms with Crippen molar-refractivity contribution in [1.29, 1.82) is 0 Å². The lowest BCUT2D eigenvalue weighted by Gasteiger charge is -2.11. The Morgan fingerprint density at radius 2 is 1.80 bits per heavy atom. The minimum atomic E-state index is 0.473. The van der Waals surface area contributed by atoms with Gasteiger partial charge in [-0.3, -0.25) is 4.79 Å². The molecule has 0 atom stereocenters. The van der Waals surface area contributed by atoms with Crippen molar-refractivity contribution in [2.24, 2.45) is 0 Å². The number of hydrogen-bond donors (Lipinski definition) is 0. The van der Waals surface area contributed by atoms with Crippen LogP contribution in [0.5, 0.6) is 5.75 Å². The molecule has 3 rings (SSSR count). The first kappa shape index (κ1) is 17.2. The highest BCUT2D eigenvalue weighted by Crippen LogP contribution is 2.27. The van der Waals surface area contributed by atoms with Crippen LogP contribution in [0.1, 0.15) is 27.0 Å². The quantitative estimate of drug-likeness (QED) is 0.526. The summed E-state index contributed by atoms with van der Waals surface area (Å²) >= 11 is 6.05. The fourth-order valence-electron chi connectivity index (χ4n) is 2.82. The van der Waals surface area contributed by atoms with Gasteiger partial charge in [0.05, 0.1) is 0 Å². The zero-order valence-corrected chi connectivity index (χ0v) is 15.0. The molecule has 0 fully saturated rings. The highest BCUT2D eigenvalue weighted by molar-refractivity contribution is 6.30. The molecule has 0 aromatic heterocycles. The second kappa shape index (κ2) is 7.54. The second-order valence-corrected chi connectivity index (χ2v) is 6.52. The van der Waals surface area contributed by atoms with Gasteiger partial charge in [0.1, 0.15) is 18.6 Å². The number of ether oxygens (including phenoxy) is 1. The molecule has 0 aliphatic heterocycles. The van der Waals surface area contributed by atoms with Gasteiger partial charge in [-0.1, -0.05) is 35.9 Å². The van der Waals surface area contributed by atoms with Gasteiger partial charge in [-0.15, -0.1) is 0 Å². The van der Waals surface area contributed by atoms with Crippen molar-refractivity contribution in [3.05, 3.63) is 87.9 Å². The van der Waals surface area contributed by atoms with E-state index < -0.39 is 0 Å². The van der Waals surface area contributed by atoms with Gasteiger partial charge in [-0.05, 0) is 78.1 Å². The summed E-state index contributed by atoms with van der Waals surface area (Å²) in [5.41, 5.74) is 6.14. The van der Waals surface area contributed by atoms with Crippen LogP contribution in [0.2, 0.25) is 5.02 Å². The number of aldehydes is 1. The van der Waals surface area contributed by atoms with Crippen molar-refractivity contribution in [1.82, 2.24) is 0 Å². The van der Waals surface area contributed by atoms with E-state index in [0.29, 0.717) is 12.2 Å². The molecule has 0 amide bonds. The van der Waals surface area contributed by atoms with Crippen LogP contribution in [-0.2, 0) is 6.61 Å². The summed E-state index contributed by atoms with van der Waals surface area (Å²) in [6.07, 6.45) is 0.858. The Kier molecular flexibility index (Phi) is 5.20. The maximum atomic E-state index is 10.9. The third kappa shape index (κ3) is 4.09. The summed E-state index contributed by atoms with van der Waals surface area (Å²) in [4.78, 5) is 10.9. The molecule has 0 spiro atoms. The number of halogens is 1. The first-order valence-electron chi connectivity index (χ1n) is 8.11. The van der Waals surface area contributed by atoms with E-state index in [1.807, 2.05) is 49.4 Å². The molecule has 0 heterocycles. The molecule has 0 bridgehead atoms. The maximum absolute atomic E-state index is 10.9. The summed E-state index contributed by atoms with van der Waals surface area (Å²) in [5.74, 6) is 0.760. The summed E-state index contributed by atoms with van der Waals surface area (Å²) < 4.78 is 5.88. The highest BCUT2D eigenvalue weighted by Gasteiger charge is 2.05. The van der Waals surface area contributed by atoms with E-state index in [0.717, 1.165) is 44.9 Å². The van der Waals surface area contributed by atoms with Gasteiger partial charge in [0.2, 0.25) is 0 Å². The average molecular weight is 351 g/mol. The lowest BCUT2D eigenvalue weighted by Crippen LogP contribution is -1.97. The molecule has 3 aromatic rings. The van der Waals surface area contributed by atoms with Gasteiger partial charge >= 0.3 is 0 Å². The van der Waals surface area contributed by atoms with Gasteiger partial charge in [0.25, 0.3) is 0 Å². The first-order valence-corrected chi connectivity index (χ1v) is 8.49. The normalized spacial score (nSPS) is 10.5. The molecule has 0 aliphatic carbocycles. The number of rotatable bonds is 5. The number of benzene rings is 3. The van der Waals surface area contributed by atoms with Crippen molar-refractivity contribution in [2.75, 3.05) is 0 Å². The molecule has 0 unspecified atom stereocenters. The summed E-state index contributed by atoms with van der Waals surface area (Å²) in [6, 6.07) is 19.7. The minimum Gasteiger partial charge on any atom is -0.489 e. The van der Waals surface area contributed by atoms with E-state index >= 15 is 0 Å². The van der Waals surface area contributed by atoms with Gasteiger partial charge in [-0.2, -0.15) is 0 Å². The molecule has 0 radical (unpaired) electrons. The van der Waals surface area contributed by atoms with Gasteiger partial charge < -0.3 is 4.74 Å². The largest absolute Gasteiger partial charge is 0.489 e. The number of aryl methyl sites for hydroxylation is 2. The van der Waals surface area contributed by atoms with Crippen LogP contribution in [0.25, 0.3) is 11.1 Å². The molecule has 0 aliphatic rings. The molecule has 3 heteroatoms. The van der Waals surface area contributed by atoms with Crippen LogP contribution < -0.4 is 4.74 Å². The monoisotopic (exact) mass is 350 g/mol. The Bertz CT molecular complexity index is 916. The van der Waals surface area contributed by atoms with Gasteiger partial charge in [-0.25, -0.2) is 0 Å². The topological polar surface area (TPSA) is 26.3 Å². The molecule has 25 heavy (non-hydrogen) atoms. The summed E-state index contributed by atoms with van der Waals surface area (Å²) in [7, 11) is 0. The predicted octanol–water partition coefficient (Wildman–Crippen LogP) is 6.02. The van der Waals surface area contributed by atoms with Crippen LogP contribution >= 0.6 is 11.6 Å². The molecular formula is C22H19ClO2. The SMILES string of the molecule is Cc1cc(OCc2cccc(-c3ccc(Cl)cc3C)c2)ccc1C=O. The average Bonchev–Trinajstić information content (AvgIpc) is 2.60.